The van der Waals surface area contributed by atoms with Gasteiger partial charge >= 0.3 is 0 Å². The van der Waals surface area contributed by atoms with Crippen molar-refractivity contribution in [3.05, 3.63) is 0 Å². The Kier molecular flexibility index (Phi) is 5.74. The summed E-state index contributed by atoms with van der Waals surface area (Å²) >= 11 is 0. The van der Waals surface area contributed by atoms with E-state index in [0.29, 0.717) is 29.5 Å². The van der Waals surface area contributed by atoms with Gasteiger partial charge in [-0.3, -0.25) is 4.79 Å². The maximum atomic E-state index is 12.7. The molecule has 1 aliphatic heterocycles. The van der Waals surface area contributed by atoms with Crippen molar-refractivity contribution in [1.82, 2.24) is 5.32 Å². The molecule has 5 rings (SSSR count). The molecule has 4 saturated carbocycles. The molecule has 1 unspecified atom stereocenters. The lowest BCUT2D eigenvalue weighted by Crippen LogP contribution is -2.60. The van der Waals surface area contributed by atoms with Gasteiger partial charge in [-0.05, 0) is 100.0 Å². The highest BCUT2D eigenvalue weighted by Gasteiger charge is 2.63. The van der Waals surface area contributed by atoms with Crippen LogP contribution in [0.2, 0.25) is 0 Å². The Labute approximate surface area is 187 Å². The maximum Gasteiger partial charge on any atom is 0.139 e. The molecule has 31 heavy (non-hydrogen) atoms. The summed E-state index contributed by atoms with van der Waals surface area (Å²) in [5, 5.41) is 19.6. The van der Waals surface area contributed by atoms with Crippen LogP contribution in [0.25, 0.3) is 0 Å². The molecule has 1 heterocycles. The summed E-state index contributed by atoms with van der Waals surface area (Å²) in [7, 11) is 0. The van der Waals surface area contributed by atoms with E-state index in [1.54, 1.807) is 0 Å². The highest BCUT2D eigenvalue weighted by molar-refractivity contribution is 5.88. The number of fused-ring (bicyclic) bond motifs is 5. The predicted octanol–water partition coefficient (Wildman–Crippen LogP) is 4.33. The summed E-state index contributed by atoms with van der Waals surface area (Å²) in [5.74, 6) is 2.68. The molecular formula is C26H42N2O3. The van der Waals surface area contributed by atoms with Gasteiger partial charge in [-0.1, -0.05) is 25.9 Å². The zero-order chi connectivity index (χ0) is 21.8. The van der Waals surface area contributed by atoms with Gasteiger partial charge in [-0.2, -0.15) is 0 Å². The van der Waals surface area contributed by atoms with Crippen LogP contribution < -0.4 is 5.32 Å². The van der Waals surface area contributed by atoms with Gasteiger partial charge in [-0.25, -0.2) is 0 Å². The van der Waals surface area contributed by atoms with Crippen molar-refractivity contribution in [2.75, 3.05) is 13.1 Å². The molecule has 5 fully saturated rings. The summed E-state index contributed by atoms with van der Waals surface area (Å²) in [4.78, 5) is 18.7. The van der Waals surface area contributed by atoms with Crippen molar-refractivity contribution in [3.8, 4) is 0 Å². The first-order valence-corrected chi connectivity index (χ1v) is 13.0. The van der Waals surface area contributed by atoms with Gasteiger partial charge in [0.2, 0.25) is 0 Å². The number of piperidine rings is 1. The molecule has 0 radical (unpaired) electrons. The number of aliphatic hydroxyl groups is 1. The van der Waals surface area contributed by atoms with Crippen molar-refractivity contribution >= 4 is 11.5 Å². The average Bonchev–Trinajstić information content (AvgIpc) is 3.07. The molecule has 5 nitrogen and oxygen atoms in total. The van der Waals surface area contributed by atoms with Crippen LogP contribution in [0.4, 0.5) is 0 Å². The number of rotatable bonds is 3. The lowest BCUT2D eigenvalue weighted by Gasteiger charge is -2.62. The van der Waals surface area contributed by atoms with Crippen molar-refractivity contribution in [3.63, 3.8) is 0 Å². The molecule has 0 aromatic carbocycles. The summed E-state index contributed by atoms with van der Waals surface area (Å²) in [6.07, 6.45) is 9.96. The number of nitrogens with zero attached hydrogens (tertiary/aromatic N) is 1. The Bertz CT molecular complexity index is 732. The van der Waals surface area contributed by atoms with Crippen LogP contribution in [0.3, 0.4) is 0 Å². The standard InChI is InChI=1S/C26H42N2O3/c1-4-17-21(28-31-16-9-13-27-14-10-16)8-12-26(3)20-7-11-25(2)19(5-6-23(25)30)18(20)15-22(29)24(17)26/h16-20,22,24,27,29H,4-15H2,1-3H3/b28-21+/t17-,18-,19-,20-,22+,24?,25-,26+/m0/s1. The smallest absolute Gasteiger partial charge is 0.139 e. The number of carbonyl (C=O) groups excluding carboxylic acids is 1. The van der Waals surface area contributed by atoms with E-state index >= 15 is 0 Å². The number of hydrogen-bond acceptors (Lipinski definition) is 5. The molecular weight excluding hydrogens is 388 g/mol. The van der Waals surface area contributed by atoms with Gasteiger partial charge in [0.25, 0.3) is 0 Å². The largest absolute Gasteiger partial charge is 0.393 e. The first-order valence-electron chi connectivity index (χ1n) is 13.0. The summed E-state index contributed by atoms with van der Waals surface area (Å²) < 4.78 is 0. The number of hydrogen-bond donors (Lipinski definition) is 2. The number of nitrogens with one attached hydrogen (secondary N) is 1. The molecule has 5 aliphatic rings. The van der Waals surface area contributed by atoms with Crippen LogP contribution in [0.1, 0.15) is 85.0 Å². The van der Waals surface area contributed by atoms with Gasteiger partial charge in [0.05, 0.1) is 11.8 Å². The van der Waals surface area contributed by atoms with E-state index in [0.717, 1.165) is 77.3 Å². The molecule has 0 amide bonds. The molecule has 0 aromatic heterocycles. The van der Waals surface area contributed by atoms with E-state index in [4.69, 9.17) is 9.99 Å². The van der Waals surface area contributed by atoms with Gasteiger partial charge in [-0.15, -0.1) is 0 Å². The Hall–Kier alpha value is -0.940. The van der Waals surface area contributed by atoms with Gasteiger partial charge in [0.15, 0.2) is 0 Å². The number of Topliss-reactive ketones (excluding diaryl/α,β-unsaturated/α-hetero) is 1. The third-order valence-electron chi connectivity index (χ3n) is 10.5. The third kappa shape index (κ3) is 3.40. The van der Waals surface area contributed by atoms with Crippen LogP contribution >= 0.6 is 0 Å². The Morgan fingerprint density at radius 1 is 1.10 bits per heavy atom. The molecule has 174 valence electrons. The summed E-state index contributed by atoms with van der Waals surface area (Å²) in [5.41, 5.74) is 1.21. The number of aliphatic hydroxyl groups excluding tert-OH is 1. The minimum atomic E-state index is -0.293. The van der Waals surface area contributed by atoms with Crippen LogP contribution in [-0.2, 0) is 9.63 Å². The van der Waals surface area contributed by atoms with Crippen LogP contribution in [-0.4, -0.2) is 41.9 Å². The van der Waals surface area contributed by atoms with Crippen LogP contribution in [0, 0.1) is 40.4 Å². The SMILES string of the molecule is CC[C@H]1/C(=N/OC2CCNCC2)CC[C@@]2(C)C1[C@H](O)C[C@@H]1[C@@H]2CC[C@]2(C)C(=O)CC[C@@H]12. The Morgan fingerprint density at radius 3 is 2.61 bits per heavy atom. The van der Waals surface area contributed by atoms with Crippen molar-refractivity contribution in [1.29, 1.82) is 0 Å². The van der Waals surface area contributed by atoms with E-state index in [1.807, 2.05) is 0 Å². The highest BCUT2D eigenvalue weighted by atomic mass is 16.6. The lowest BCUT2D eigenvalue weighted by molar-refractivity contribution is -0.161. The number of carbonyl (C=O) groups is 1. The molecule has 2 N–H and O–H groups in total. The molecule has 0 bridgehead atoms. The van der Waals surface area contributed by atoms with Crippen molar-refractivity contribution in [2.24, 2.45) is 45.6 Å². The summed E-state index contributed by atoms with van der Waals surface area (Å²) in [6, 6.07) is 0. The normalized spacial score (nSPS) is 49.4. The molecule has 8 atom stereocenters. The van der Waals surface area contributed by atoms with E-state index in [-0.39, 0.29) is 29.0 Å². The van der Waals surface area contributed by atoms with E-state index in [9.17, 15) is 9.90 Å². The minimum absolute atomic E-state index is 0.127. The van der Waals surface area contributed by atoms with Crippen LogP contribution in [0.15, 0.2) is 5.16 Å². The van der Waals surface area contributed by atoms with E-state index in [1.165, 1.54) is 5.71 Å². The van der Waals surface area contributed by atoms with E-state index < -0.39 is 0 Å². The zero-order valence-corrected chi connectivity index (χ0v) is 19.7. The predicted molar refractivity (Wildman–Crippen MR) is 122 cm³/mol. The minimum Gasteiger partial charge on any atom is -0.393 e. The van der Waals surface area contributed by atoms with Crippen molar-refractivity contribution in [2.45, 2.75) is 97.2 Å². The molecule has 5 heteroatoms. The fourth-order valence-corrected chi connectivity index (χ4v) is 8.83. The van der Waals surface area contributed by atoms with Crippen molar-refractivity contribution < 1.29 is 14.7 Å². The van der Waals surface area contributed by atoms with Gasteiger partial charge < -0.3 is 15.3 Å². The second kappa shape index (κ2) is 8.13. The van der Waals surface area contributed by atoms with E-state index in [2.05, 4.69) is 26.1 Å². The lowest BCUT2D eigenvalue weighted by atomic mass is 9.43. The Balaban J connectivity index is 1.38. The maximum absolute atomic E-state index is 12.7. The van der Waals surface area contributed by atoms with Crippen LogP contribution in [0.5, 0.6) is 0 Å². The average molecular weight is 431 g/mol. The Morgan fingerprint density at radius 2 is 1.87 bits per heavy atom. The fourth-order valence-electron chi connectivity index (χ4n) is 8.83. The second-order valence-corrected chi connectivity index (χ2v) is 11.8. The first-order chi connectivity index (χ1) is 14.9. The molecule has 4 aliphatic carbocycles. The third-order valence-corrected chi connectivity index (χ3v) is 10.5. The fraction of sp³-hybridized carbons (Fsp3) is 0.923. The summed E-state index contributed by atoms with van der Waals surface area (Å²) in [6.45, 7) is 8.96. The monoisotopic (exact) mass is 430 g/mol. The number of ketones is 1. The highest BCUT2D eigenvalue weighted by Crippen LogP contribution is 2.66. The first kappa shape index (κ1) is 21.9. The zero-order valence-electron chi connectivity index (χ0n) is 19.7. The van der Waals surface area contributed by atoms with Gasteiger partial charge in [0, 0.05) is 17.8 Å². The number of oxime groups is 1. The molecule has 1 saturated heterocycles. The topological polar surface area (TPSA) is 70.9 Å². The molecule has 0 aromatic rings. The van der Waals surface area contributed by atoms with Gasteiger partial charge in [0.1, 0.15) is 11.9 Å². The molecule has 0 spiro atoms. The quantitative estimate of drug-likeness (QED) is 0.654. The second-order valence-electron chi connectivity index (χ2n) is 11.8.